The number of aromatic nitrogens is 2. The van der Waals surface area contributed by atoms with Crippen molar-refractivity contribution in [2.45, 2.75) is 13.8 Å². The largest absolute Gasteiger partial charge is 0.497 e. The van der Waals surface area contributed by atoms with E-state index in [0.717, 1.165) is 11.3 Å². The SMILES string of the molecule is COc1ccc(OC)c(Nc2ncc(C(=O)Nc3ccc(C)c(C)c3)cn2)c1. The molecule has 28 heavy (non-hydrogen) atoms. The van der Waals surface area contributed by atoms with Gasteiger partial charge in [0.1, 0.15) is 11.5 Å². The van der Waals surface area contributed by atoms with Crippen molar-refractivity contribution in [2.24, 2.45) is 0 Å². The normalized spacial score (nSPS) is 10.3. The Hall–Kier alpha value is -3.61. The Bertz CT molecular complexity index is 987. The van der Waals surface area contributed by atoms with Crippen LogP contribution in [0.3, 0.4) is 0 Å². The number of anilines is 3. The van der Waals surface area contributed by atoms with Crippen LogP contribution in [0.25, 0.3) is 0 Å². The maximum absolute atomic E-state index is 12.4. The number of methoxy groups -OCH3 is 2. The highest BCUT2D eigenvalue weighted by molar-refractivity contribution is 6.04. The van der Waals surface area contributed by atoms with Gasteiger partial charge in [0.2, 0.25) is 5.95 Å². The van der Waals surface area contributed by atoms with Gasteiger partial charge in [-0.15, -0.1) is 0 Å². The Morgan fingerprint density at radius 3 is 2.32 bits per heavy atom. The van der Waals surface area contributed by atoms with Gasteiger partial charge in [0, 0.05) is 24.1 Å². The quantitative estimate of drug-likeness (QED) is 0.671. The molecule has 0 atom stereocenters. The van der Waals surface area contributed by atoms with E-state index in [-0.39, 0.29) is 5.91 Å². The van der Waals surface area contributed by atoms with Crippen LogP contribution in [-0.2, 0) is 0 Å². The van der Waals surface area contributed by atoms with Gasteiger partial charge >= 0.3 is 0 Å². The number of hydrogen-bond donors (Lipinski definition) is 2. The van der Waals surface area contributed by atoms with Crippen LogP contribution in [0.2, 0.25) is 0 Å². The number of carbonyl (C=O) groups is 1. The lowest BCUT2D eigenvalue weighted by Crippen LogP contribution is -2.13. The lowest BCUT2D eigenvalue weighted by atomic mass is 10.1. The first-order valence-electron chi connectivity index (χ1n) is 8.70. The smallest absolute Gasteiger partial charge is 0.258 e. The van der Waals surface area contributed by atoms with Gasteiger partial charge in [-0.1, -0.05) is 6.07 Å². The standard InChI is InChI=1S/C21H22N4O3/c1-13-5-6-16(9-14(13)2)24-20(26)15-11-22-21(23-12-15)25-18-10-17(27-3)7-8-19(18)28-4/h5-12H,1-4H3,(H,24,26)(H,22,23,25). The highest BCUT2D eigenvalue weighted by atomic mass is 16.5. The van der Waals surface area contributed by atoms with Gasteiger partial charge in [0.05, 0.1) is 25.5 Å². The Labute approximate surface area is 163 Å². The summed E-state index contributed by atoms with van der Waals surface area (Å²) in [5.41, 5.74) is 4.04. The number of amides is 1. The summed E-state index contributed by atoms with van der Waals surface area (Å²) in [6, 6.07) is 11.1. The second-order valence-corrected chi connectivity index (χ2v) is 6.24. The third kappa shape index (κ3) is 4.37. The molecule has 0 radical (unpaired) electrons. The Kier molecular flexibility index (Phi) is 5.74. The van der Waals surface area contributed by atoms with Crippen molar-refractivity contribution >= 4 is 23.2 Å². The Balaban J connectivity index is 1.72. The van der Waals surface area contributed by atoms with E-state index in [1.54, 1.807) is 32.4 Å². The molecule has 3 aromatic rings. The van der Waals surface area contributed by atoms with Crippen LogP contribution in [0.1, 0.15) is 21.5 Å². The molecule has 7 nitrogen and oxygen atoms in total. The molecule has 1 aromatic heterocycles. The topological polar surface area (TPSA) is 85.4 Å². The predicted molar refractivity (Wildman–Crippen MR) is 109 cm³/mol. The van der Waals surface area contributed by atoms with E-state index in [1.165, 1.54) is 18.0 Å². The number of aryl methyl sites for hydroxylation is 2. The molecule has 144 valence electrons. The molecule has 0 spiro atoms. The summed E-state index contributed by atoms with van der Waals surface area (Å²) >= 11 is 0. The first kappa shape index (κ1) is 19.2. The van der Waals surface area contributed by atoms with E-state index in [1.807, 2.05) is 32.0 Å². The molecule has 0 aliphatic rings. The van der Waals surface area contributed by atoms with Crippen molar-refractivity contribution in [1.29, 1.82) is 0 Å². The molecule has 0 saturated carbocycles. The number of carbonyl (C=O) groups excluding carboxylic acids is 1. The van der Waals surface area contributed by atoms with Crippen LogP contribution in [0.4, 0.5) is 17.3 Å². The molecule has 2 aromatic carbocycles. The summed E-state index contributed by atoms with van der Waals surface area (Å²) in [6.07, 6.45) is 2.94. The minimum Gasteiger partial charge on any atom is -0.497 e. The molecule has 7 heteroatoms. The number of ether oxygens (including phenoxy) is 2. The van der Waals surface area contributed by atoms with Crippen molar-refractivity contribution in [3.63, 3.8) is 0 Å². The van der Waals surface area contributed by atoms with Crippen molar-refractivity contribution in [2.75, 3.05) is 24.9 Å². The average Bonchev–Trinajstić information content (AvgIpc) is 2.71. The van der Waals surface area contributed by atoms with Crippen LogP contribution in [0, 0.1) is 13.8 Å². The maximum Gasteiger partial charge on any atom is 0.258 e. The van der Waals surface area contributed by atoms with Crippen molar-refractivity contribution < 1.29 is 14.3 Å². The zero-order valence-corrected chi connectivity index (χ0v) is 16.2. The van der Waals surface area contributed by atoms with E-state index in [4.69, 9.17) is 9.47 Å². The molecule has 0 fully saturated rings. The molecule has 1 amide bonds. The summed E-state index contributed by atoms with van der Waals surface area (Å²) in [4.78, 5) is 20.9. The number of nitrogens with zero attached hydrogens (tertiary/aromatic N) is 2. The summed E-state index contributed by atoms with van der Waals surface area (Å²) in [7, 11) is 3.17. The van der Waals surface area contributed by atoms with Crippen molar-refractivity contribution in [3.8, 4) is 11.5 Å². The van der Waals surface area contributed by atoms with Gasteiger partial charge in [-0.3, -0.25) is 4.79 Å². The summed E-state index contributed by atoms with van der Waals surface area (Å²) in [6.45, 7) is 4.03. The van der Waals surface area contributed by atoms with Crippen LogP contribution in [-0.4, -0.2) is 30.1 Å². The van der Waals surface area contributed by atoms with Crippen molar-refractivity contribution in [3.05, 3.63) is 65.5 Å². The van der Waals surface area contributed by atoms with Crippen LogP contribution in [0.5, 0.6) is 11.5 Å². The molecule has 1 heterocycles. The molecule has 0 bridgehead atoms. The zero-order chi connectivity index (χ0) is 20.1. The van der Waals surface area contributed by atoms with Gasteiger partial charge in [-0.2, -0.15) is 0 Å². The fourth-order valence-electron chi connectivity index (χ4n) is 2.56. The highest BCUT2D eigenvalue weighted by Crippen LogP contribution is 2.30. The predicted octanol–water partition coefficient (Wildman–Crippen LogP) is 4.11. The van der Waals surface area contributed by atoms with E-state index in [9.17, 15) is 4.79 Å². The van der Waals surface area contributed by atoms with E-state index in [0.29, 0.717) is 28.7 Å². The number of rotatable bonds is 6. The van der Waals surface area contributed by atoms with Crippen molar-refractivity contribution in [1.82, 2.24) is 9.97 Å². The molecule has 0 unspecified atom stereocenters. The van der Waals surface area contributed by atoms with Crippen LogP contribution in [0.15, 0.2) is 48.8 Å². The Morgan fingerprint density at radius 1 is 0.929 bits per heavy atom. The second kappa shape index (κ2) is 8.39. The molecule has 3 rings (SSSR count). The number of benzene rings is 2. The molecular formula is C21H22N4O3. The minimum absolute atomic E-state index is 0.270. The zero-order valence-electron chi connectivity index (χ0n) is 16.2. The first-order chi connectivity index (χ1) is 13.5. The summed E-state index contributed by atoms with van der Waals surface area (Å²) < 4.78 is 10.6. The van der Waals surface area contributed by atoms with Gasteiger partial charge in [-0.05, 0) is 49.2 Å². The monoisotopic (exact) mass is 378 g/mol. The van der Waals surface area contributed by atoms with E-state index < -0.39 is 0 Å². The first-order valence-corrected chi connectivity index (χ1v) is 8.70. The maximum atomic E-state index is 12.4. The van der Waals surface area contributed by atoms with Gasteiger partial charge < -0.3 is 20.1 Å². The molecule has 2 N–H and O–H groups in total. The van der Waals surface area contributed by atoms with Gasteiger partial charge in [0.15, 0.2) is 0 Å². The minimum atomic E-state index is -0.270. The summed E-state index contributed by atoms with van der Waals surface area (Å²) in [5.74, 6) is 1.37. The van der Waals surface area contributed by atoms with E-state index in [2.05, 4.69) is 20.6 Å². The lowest BCUT2D eigenvalue weighted by Gasteiger charge is -2.12. The molecule has 0 saturated heterocycles. The third-order valence-corrected chi connectivity index (χ3v) is 4.33. The fraction of sp³-hybridized carbons (Fsp3) is 0.190. The number of hydrogen-bond acceptors (Lipinski definition) is 6. The molecule has 0 aliphatic carbocycles. The fourth-order valence-corrected chi connectivity index (χ4v) is 2.56. The second-order valence-electron chi connectivity index (χ2n) is 6.24. The lowest BCUT2D eigenvalue weighted by molar-refractivity contribution is 0.102. The van der Waals surface area contributed by atoms with Crippen LogP contribution < -0.4 is 20.1 Å². The van der Waals surface area contributed by atoms with Gasteiger partial charge in [-0.25, -0.2) is 9.97 Å². The molecular weight excluding hydrogens is 356 g/mol. The average molecular weight is 378 g/mol. The highest BCUT2D eigenvalue weighted by Gasteiger charge is 2.10. The van der Waals surface area contributed by atoms with E-state index >= 15 is 0 Å². The molecule has 0 aliphatic heterocycles. The Morgan fingerprint density at radius 2 is 1.68 bits per heavy atom. The summed E-state index contributed by atoms with van der Waals surface area (Å²) in [5, 5.41) is 5.92. The third-order valence-electron chi connectivity index (χ3n) is 4.33. The van der Waals surface area contributed by atoms with Crippen LogP contribution >= 0.6 is 0 Å². The van der Waals surface area contributed by atoms with Gasteiger partial charge in [0.25, 0.3) is 5.91 Å². The number of nitrogens with one attached hydrogen (secondary N) is 2.